The van der Waals surface area contributed by atoms with E-state index in [0.717, 1.165) is 6.42 Å². The van der Waals surface area contributed by atoms with Gasteiger partial charge in [0.1, 0.15) is 5.75 Å². The number of carbonyl (C=O) groups excluding carboxylic acids is 2. The molecule has 0 radical (unpaired) electrons. The third kappa shape index (κ3) is 2.61. The molecule has 5 heteroatoms. The van der Waals surface area contributed by atoms with Crippen LogP contribution in [0.4, 0.5) is 11.4 Å². The summed E-state index contributed by atoms with van der Waals surface area (Å²) in [6, 6.07) is 5.18. The van der Waals surface area contributed by atoms with Crippen molar-refractivity contribution in [3.8, 4) is 5.75 Å². The highest BCUT2D eigenvalue weighted by atomic mass is 16.5. The smallest absolute Gasteiger partial charge is 0.262 e. The minimum atomic E-state index is -0.168. The predicted molar refractivity (Wildman–Crippen MR) is 68.7 cm³/mol. The molecule has 1 aliphatic rings. The van der Waals surface area contributed by atoms with Crippen molar-refractivity contribution in [2.24, 2.45) is 5.92 Å². The minimum absolute atomic E-state index is 0.00969. The number of rotatable bonds is 3. The molecule has 0 fully saturated rings. The van der Waals surface area contributed by atoms with Crippen LogP contribution in [-0.4, -0.2) is 18.4 Å². The van der Waals surface area contributed by atoms with Crippen LogP contribution in [-0.2, 0) is 9.59 Å². The first kappa shape index (κ1) is 12.4. The molecule has 1 aromatic rings. The molecule has 18 heavy (non-hydrogen) atoms. The summed E-state index contributed by atoms with van der Waals surface area (Å²) in [6.07, 6.45) is 0.795. The number of ether oxygens (including phenoxy) is 1. The van der Waals surface area contributed by atoms with Gasteiger partial charge >= 0.3 is 0 Å². The molecule has 0 bridgehead atoms. The lowest BCUT2D eigenvalue weighted by molar-refractivity contribution is -0.120. The summed E-state index contributed by atoms with van der Waals surface area (Å²) in [6.45, 7) is 3.86. The van der Waals surface area contributed by atoms with E-state index >= 15 is 0 Å². The van der Waals surface area contributed by atoms with Gasteiger partial charge in [0.15, 0.2) is 6.61 Å². The van der Waals surface area contributed by atoms with E-state index in [0.29, 0.717) is 17.1 Å². The van der Waals surface area contributed by atoms with Gasteiger partial charge in [-0.2, -0.15) is 0 Å². The van der Waals surface area contributed by atoms with E-state index in [9.17, 15) is 9.59 Å². The van der Waals surface area contributed by atoms with E-state index in [-0.39, 0.29) is 24.3 Å². The molecule has 0 saturated heterocycles. The Labute approximate surface area is 106 Å². The van der Waals surface area contributed by atoms with E-state index in [4.69, 9.17) is 4.74 Å². The third-order valence-corrected chi connectivity index (χ3v) is 2.94. The average molecular weight is 248 g/mol. The molecule has 0 aliphatic carbocycles. The van der Waals surface area contributed by atoms with Crippen molar-refractivity contribution in [3.05, 3.63) is 18.2 Å². The van der Waals surface area contributed by atoms with Gasteiger partial charge in [0.05, 0.1) is 5.69 Å². The van der Waals surface area contributed by atoms with Crippen LogP contribution in [0.1, 0.15) is 20.3 Å². The Hall–Kier alpha value is -2.04. The summed E-state index contributed by atoms with van der Waals surface area (Å²) >= 11 is 0. The zero-order valence-corrected chi connectivity index (χ0v) is 10.4. The number of carbonyl (C=O) groups is 2. The van der Waals surface area contributed by atoms with Crippen molar-refractivity contribution < 1.29 is 14.3 Å². The molecular formula is C13H16N2O3. The monoisotopic (exact) mass is 248 g/mol. The van der Waals surface area contributed by atoms with E-state index in [1.807, 2.05) is 13.8 Å². The van der Waals surface area contributed by atoms with Gasteiger partial charge < -0.3 is 15.4 Å². The minimum Gasteiger partial charge on any atom is -0.482 e. The zero-order valence-electron chi connectivity index (χ0n) is 10.4. The van der Waals surface area contributed by atoms with Gasteiger partial charge in [-0.25, -0.2) is 0 Å². The highest BCUT2D eigenvalue weighted by molar-refractivity contribution is 5.97. The molecular weight excluding hydrogens is 232 g/mol. The number of hydrogen-bond acceptors (Lipinski definition) is 3. The molecule has 2 N–H and O–H groups in total. The third-order valence-electron chi connectivity index (χ3n) is 2.94. The first-order valence-corrected chi connectivity index (χ1v) is 5.97. The molecule has 1 atom stereocenters. The first-order chi connectivity index (χ1) is 8.60. The zero-order chi connectivity index (χ0) is 13.1. The highest BCUT2D eigenvalue weighted by Crippen LogP contribution is 2.30. The van der Waals surface area contributed by atoms with E-state index in [1.54, 1.807) is 18.2 Å². The summed E-state index contributed by atoms with van der Waals surface area (Å²) in [5.41, 5.74) is 1.31. The second-order valence-corrected chi connectivity index (χ2v) is 4.35. The molecule has 1 aliphatic heterocycles. The number of hydrogen-bond donors (Lipinski definition) is 2. The fourth-order valence-electron chi connectivity index (χ4n) is 1.60. The second-order valence-electron chi connectivity index (χ2n) is 4.35. The van der Waals surface area contributed by atoms with Crippen molar-refractivity contribution in [2.75, 3.05) is 17.2 Å². The van der Waals surface area contributed by atoms with Crippen LogP contribution in [0.5, 0.6) is 5.75 Å². The molecule has 1 aromatic carbocycles. The normalized spacial score (nSPS) is 15.1. The number of benzene rings is 1. The molecule has 5 nitrogen and oxygen atoms in total. The second kappa shape index (κ2) is 5.08. The maximum absolute atomic E-state index is 11.7. The highest BCUT2D eigenvalue weighted by Gasteiger charge is 2.17. The maximum atomic E-state index is 11.7. The summed E-state index contributed by atoms with van der Waals surface area (Å²) in [4.78, 5) is 22.9. The Bertz CT molecular complexity index is 485. The molecule has 0 saturated carbocycles. The lowest BCUT2D eigenvalue weighted by Crippen LogP contribution is -2.25. The first-order valence-electron chi connectivity index (χ1n) is 5.97. The van der Waals surface area contributed by atoms with Crippen LogP contribution in [0, 0.1) is 5.92 Å². The molecule has 0 spiro atoms. The van der Waals surface area contributed by atoms with Crippen molar-refractivity contribution in [1.29, 1.82) is 0 Å². The van der Waals surface area contributed by atoms with Crippen LogP contribution < -0.4 is 15.4 Å². The van der Waals surface area contributed by atoms with Crippen LogP contribution in [0.2, 0.25) is 0 Å². The fourth-order valence-corrected chi connectivity index (χ4v) is 1.60. The summed E-state index contributed by atoms with van der Waals surface area (Å²) in [5.74, 6) is 0.370. The van der Waals surface area contributed by atoms with Crippen LogP contribution in [0.3, 0.4) is 0 Å². The SMILES string of the molecule is CCC(C)C(=O)Nc1ccc2c(c1)OCC(=O)N2. The van der Waals surface area contributed by atoms with E-state index in [2.05, 4.69) is 10.6 Å². The Kier molecular flexibility index (Phi) is 3.50. The molecule has 1 heterocycles. The largest absolute Gasteiger partial charge is 0.482 e. The Morgan fingerprint density at radius 2 is 2.33 bits per heavy atom. The molecule has 96 valence electrons. The van der Waals surface area contributed by atoms with Crippen LogP contribution >= 0.6 is 0 Å². The molecule has 0 aromatic heterocycles. The van der Waals surface area contributed by atoms with Gasteiger partial charge in [0.2, 0.25) is 5.91 Å². The maximum Gasteiger partial charge on any atom is 0.262 e. The Morgan fingerprint density at radius 1 is 1.56 bits per heavy atom. The molecule has 2 rings (SSSR count). The van der Waals surface area contributed by atoms with Gasteiger partial charge in [-0.05, 0) is 18.6 Å². The predicted octanol–water partition coefficient (Wildman–Crippen LogP) is 2.00. The number of anilines is 2. The molecule has 1 unspecified atom stereocenters. The molecule has 2 amide bonds. The van der Waals surface area contributed by atoms with Crippen molar-refractivity contribution in [1.82, 2.24) is 0 Å². The number of amides is 2. The van der Waals surface area contributed by atoms with Crippen molar-refractivity contribution in [2.45, 2.75) is 20.3 Å². The quantitative estimate of drug-likeness (QED) is 0.859. The summed E-state index contributed by atoms with van der Waals surface area (Å²) < 4.78 is 5.28. The number of fused-ring (bicyclic) bond motifs is 1. The van der Waals surface area contributed by atoms with Crippen LogP contribution in [0.25, 0.3) is 0 Å². The van der Waals surface area contributed by atoms with Gasteiger partial charge in [-0.3, -0.25) is 9.59 Å². The Balaban J connectivity index is 2.12. The standard InChI is InChI=1S/C13H16N2O3/c1-3-8(2)13(17)14-9-4-5-10-11(6-9)18-7-12(16)15-10/h4-6,8H,3,7H2,1-2H3,(H,14,17)(H,15,16). The fraction of sp³-hybridized carbons (Fsp3) is 0.385. The lowest BCUT2D eigenvalue weighted by atomic mass is 10.1. The summed E-state index contributed by atoms with van der Waals surface area (Å²) in [5, 5.41) is 5.52. The van der Waals surface area contributed by atoms with Crippen LogP contribution in [0.15, 0.2) is 18.2 Å². The average Bonchev–Trinajstić information content (AvgIpc) is 2.38. The van der Waals surface area contributed by atoms with Gasteiger partial charge in [0.25, 0.3) is 5.91 Å². The van der Waals surface area contributed by atoms with Gasteiger partial charge in [-0.1, -0.05) is 13.8 Å². The van der Waals surface area contributed by atoms with E-state index in [1.165, 1.54) is 0 Å². The van der Waals surface area contributed by atoms with Crippen molar-refractivity contribution in [3.63, 3.8) is 0 Å². The van der Waals surface area contributed by atoms with E-state index < -0.39 is 0 Å². The van der Waals surface area contributed by atoms with Gasteiger partial charge in [-0.15, -0.1) is 0 Å². The Morgan fingerprint density at radius 3 is 3.06 bits per heavy atom. The number of nitrogens with one attached hydrogen (secondary N) is 2. The lowest BCUT2D eigenvalue weighted by Gasteiger charge is -2.19. The van der Waals surface area contributed by atoms with Crippen molar-refractivity contribution >= 4 is 23.2 Å². The topological polar surface area (TPSA) is 67.4 Å². The summed E-state index contributed by atoms with van der Waals surface area (Å²) in [7, 11) is 0. The van der Waals surface area contributed by atoms with Gasteiger partial charge in [0, 0.05) is 17.7 Å².